The third-order valence-corrected chi connectivity index (χ3v) is 4.58. The zero-order chi connectivity index (χ0) is 21.0. The number of nitrogens with one attached hydrogen (secondary N) is 1. The molecule has 1 aliphatic rings. The highest BCUT2D eigenvalue weighted by Crippen LogP contribution is 2.40. The fourth-order valence-electron chi connectivity index (χ4n) is 3.18. The van der Waals surface area contributed by atoms with Gasteiger partial charge >= 0.3 is 0 Å². The molecule has 0 radical (unpaired) electrons. The van der Waals surface area contributed by atoms with E-state index in [0.717, 1.165) is 0 Å². The summed E-state index contributed by atoms with van der Waals surface area (Å²) in [6.07, 6.45) is -0.480. The molecule has 0 bridgehead atoms. The Morgan fingerprint density at radius 1 is 1.10 bits per heavy atom. The maximum Gasteiger partial charge on any atom is 0.267 e. The van der Waals surface area contributed by atoms with E-state index in [1.165, 1.54) is 21.3 Å². The number of amides is 2. The van der Waals surface area contributed by atoms with E-state index in [9.17, 15) is 9.59 Å². The van der Waals surface area contributed by atoms with Crippen LogP contribution in [0, 0.1) is 0 Å². The molecule has 0 saturated carbocycles. The second kappa shape index (κ2) is 8.72. The fraction of sp³-hybridized carbons (Fsp3) is 0.333. The number of para-hydroxylation sites is 2. The van der Waals surface area contributed by atoms with E-state index in [2.05, 4.69) is 5.32 Å². The minimum Gasteiger partial charge on any atom is -0.493 e. The molecule has 0 saturated heterocycles. The number of hydrogen-bond donors (Lipinski definition) is 1. The van der Waals surface area contributed by atoms with Gasteiger partial charge in [-0.05, 0) is 19.1 Å². The van der Waals surface area contributed by atoms with Crippen molar-refractivity contribution in [3.8, 4) is 23.0 Å². The summed E-state index contributed by atoms with van der Waals surface area (Å²) in [6, 6.07) is 10.6. The number of ether oxygens (including phenoxy) is 4. The predicted octanol–water partition coefficient (Wildman–Crippen LogP) is 2.86. The largest absolute Gasteiger partial charge is 0.493 e. The van der Waals surface area contributed by atoms with E-state index >= 15 is 0 Å². The SMILES string of the molecule is COc1cc(NC(=O)CCN2C(=O)C(C)Oc3ccccc32)cc(OC)c1OC. The van der Waals surface area contributed by atoms with E-state index in [-0.39, 0.29) is 24.8 Å². The van der Waals surface area contributed by atoms with Gasteiger partial charge in [-0.25, -0.2) is 0 Å². The van der Waals surface area contributed by atoms with Crippen LogP contribution in [0.1, 0.15) is 13.3 Å². The highest BCUT2D eigenvalue weighted by molar-refractivity contribution is 6.01. The highest BCUT2D eigenvalue weighted by Gasteiger charge is 2.31. The smallest absolute Gasteiger partial charge is 0.267 e. The van der Waals surface area contributed by atoms with E-state index < -0.39 is 6.10 Å². The molecule has 1 unspecified atom stereocenters. The first kappa shape index (κ1) is 20.3. The van der Waals surface area contributed by atoms with Gasteiger partial charge in [-0.3, -0.25) is 9.59 Å². The van der Waals surface area contributed by atoms with Crippen LogP contribution in [0.4, 0.5) is 11.4 Å². The molecule has 2 aromatic carbocycles. The molecular weight excluding hydrogens is 376 g/mol. The van der Waals surface area contributed by atoms with Crippen molar-refractivity contribution in [2.45, 2.75) is 19.4 Å². The monoisotopic (exact) mass is 400 g/mol. The number of anilines is 2. The van der Waals surface area contributed by atoms with Gasteiger partial charge in [0.1, 0.15) is 5.75 Å². The number of methoxy groups -OCH3 is 3. The summed E-state index contributed by atoms with van der Waals surface area (Å²) in [6.45, 7) is 1.93. The number of fused-ring (bicyclic) bond motifs is 1. The minimum atomic E-state index is -0.594. The van der Waals surface area contributed by atoms with Crippen LogP contribution in [0.25, 0.3) is 0 Å². The molecule has 0 aromatic heterocycles. The quantitative estimate of drug-likeness (QED) is 0.769. The number of rotatable bonds is 7. The van der Waals surface area contributed by atoms with Gasteiger partial charge in [0, 0.05) is 30.8 Å². The Hall–Kier alpha value is -3.42. The van der Waals surface area contributed by atoms with Crippen molar-refractivity contribution in [1.82, 2.24) is 0 Å². The van der Waals surface area contributed by atoms with Crippen molar-refractivity contribution in [3.05, 3.63) is 36.4 Å². The predicted molar refractivity (Wildman–Crippen MR) is 108 cm³/mol. The van der Waals surface area contributed by atoms with Crippen molar-refractivity contribution in [2.24, 2.45) is 0 Å². The summed E-state index contributed by atoms with van der Waals surface area (Å²) < 4.78 is 21.5. The first-order valence-electron chi connectivity index (χ1n) is 9.15. The minimum absolute atomic E-state index is 0.115. The summed E-state index contributed by atoms with van der Waals surface area (Å²) in [4.78, 5) is 26.6. The average molecular weight is 400 g/mol. The third kappa shape index (κ3) is 4.21. The van der Waals surface area contributed by atoms with Crippen molar-refractivity contribution in [3.63, 3.8) is 0 Å². The highest BCUT2D eigenvalue weighted by atomic mass is 16.5. The van der Waals surface area contributed by atoms with Gasteiger partial charge < -0.3 is 29.2 Å². The van der Waals surface area contributed by atoms with Crippen LogP contribution in [0.5, 0.6) is 23.0 Å². The van der Waals surface area contributed by atoms with Crippen LogP contribution in [0.3, 0.4) is 0 Å². The molecule has 1 aliphatic heterocycles. The fourth-order valence-corrected chi connectivity index (χ4v) is 3.18. The number of hydrogen-bond acceptors (Lipinski definition) is 6. The van der Waals surface area contributed by atoms with Gasteiger partial charge in [0.15, 0.2) is 17.6 Å². The molecular formula is C21H24N2O6. The lowest BCUT2D eigenvalue weighted by Gasteiger charge is -2.32. The Kier molecular flexibility index (Phi) is 6.11. The van der Waals surface area contributed by atoms with Gasteiger partial charge in [0.25, 0.3) is 5.91 Å². The standard InChI is InChI=1S/C21H24N2O6/c1-13-21(25)23(15-7-5-6-8-16(15)29-13)10-9-19(24)22-14-11-17(26-2)20(28-4)18(12-14)27-3/h5-8,11-13H,9-10H2,1-4H3,(H,22,24). The molecule has 1 atom stereocenters. The first-order valence-corrected chi connectivity index (χ1v) is 9.15. The Balaban J connectivity index is 1.71. The molecule has 0 fully saturated rings. The lowest BCUT2D eigenvalue weighted by molar-refractivity contribution is -0.125. The Morgan fingerprint density at radius 3 is 2.38 bits per heavy atom. The normalized spacial score (nSPS) is 15.2. The molecule has 154 valence electrons. The van der Waals surface area contributed by atoms with Crippen molar-refractivity contribution >= 4 is 23.2 Å². The Bertz CT molecular complexity index is 889. The van der Waals surface area contributed by atoms with E-state index in [4.69, 9.17) is 18.9 Å². The second-order valence-electron chi connectivity index (χ2n) is 6.43. The van der Waals surface area contributed by atoms with Crippen molar-refractivity contribution < 1.29 is 28.5 Å². The molecule has 1 heterocycles. The summed E-state index contributed by atoms with van der Waals surface area (Å²) >= 11 is 0. The summed E-state index contributed by atoms with van der Waals surface area (Å²) in [5.41, 5.74) is 1.17. The van der Waals surface area contributed by atoms with Gasteiger partial charge in [0.2, 0.25) is 11.7 Å². The second-order valence-corrected chi connectivity index (χ2v) is 6.43. The Morgan fingerprint density at radius 2 is 1.76 bits per heavy atom. The van der Waals surface area contributed by atoms with Gasteiger partial charge in [0.05, 0.1) is 27.0 Å². The molecule has 8 nitrogen and oxygen atoms in total. The number of nitrogens with zero attached hydrogens (tertiary/aromatic N) is 1. The number of benzene rings is 2. The maximum absolute atomic E-state index is 12.5. The van der Waals surface area contributed by atoms with E-state index in [1.807, 2.05) is 12.1 Å². The molecule has 3 rings (SSSR count). The van der Waals surface area contributed by atoms with Gasteiger partial charge in [-0.1, -0.05) is 12.1 Å². The molecule has 2 aromatic rings. The van der Waals surface area contributed by atoms with Crippen LogP contribution >= 0.6 is 0 Å². The summed E-state index contributed by atoms with van der Waals surface area (Å²) in [7, 11) is 4.52. The van der Waals surface area contributed by atoms with E-state index in [0.29, 0.717) is 34.4 Å². The van der Waals surface area contributed by atoms with Crippen LogP contribution in [0.2, 0.25) is 0 Å². The molecule has 0 spiro atoms. The van der Waals surface area contributed by atoms with Crippen LogP contribution in [0.15, 0.2) is 36.4 Å². The average Bonchev–Trinajstić information content (AvgIpc) is 2.73. The molecule has 1 N–H and O–H groups in total. The summed E-state index contributed by atoms with van der Waals surface area (Å²) in [5, 5.41) is 2.81. The number of carbonyl (C=O) groups is 2. The zero-order valence-corrected chi connectivity index (χ0v) is 16.9. The Labute approximate surface area is 169 Å². The lowest BCUT2D eigenvalue weighted by atomic mass is 10.1. The lowest BCUT2D eigenvalue weighted by Crippen LogP contribution is -2.45. The first-order chi connectivity index (χ1) is 14.0. The van der Waals surface area contributed by atoms with Crippen LogP contribution in [-0.2, 0) is 9.59 Å². The van der Waals surface area contributed by atoms with E-state index in [1.54, 1.807) is 36.1 Å². The molecule has 29 heavy (non-hydrogen) atoms. The molecule has 2 amide bonds. The van der Waals surface area contributed by atoms with Gasteiger partial charge in [-0.15, -0.1) is 0 Å². The summed E-state index contributed by atoms with van der Waals surface area (Å²) in [5.74, 6) is 1.52. The third-order valence-electron chi connectivity index (χ3n) is 4.58. The van der Waals surface area contributed by atoms with Crippen molar-refractivity contribution in [1.29, 1.82) is 0 Å². The maximum atomic E-state index is 12.5. The number of carbonyl (C=O) groups excluding carboxylic acids is 2. The van der Waals surface area contributed by atoms with Crippen LogP contribution < -0.4 is 29.2 Å². The van der Waals surface area contributed by atoms with Gasteiger partial charge in [-0.2, -0.15) is 0 Å². The molecule has 8 heteroatoms. The topological polar surface area (TPSA) is 86.3 Å². The zero-order valence-electron chi connectivity index (χ0n) is 16.9. The molecule has 0 aliphatic carbocycles. The van der Waals surface area contributed by atoms with Crippen molar-refractivity contribution in [2.75, 3.05) is 38.1 Å². The van der Waals surface area contributed by atoms with Crippen LogP contribution in [-0.4, -0.2) is 45.8 Å².